The highest BCUT2D eigenvalue weighted by atomic mass is 79.9. The number of benzene rings is 1. The quantitative estimate of drug-likeness (QED) is 0.627. The summed E-state index contributed by atoms with van der Waals surface area (Å²) in [6.45, 7) is 0. The lowest BCUT2D eigenvalue weighted by Crippen LogP contribution is -2.54. The average molecular weight is 395 g/mol. The molecule has 0 radical (unpaired) electrons. The first kappa shape index (κ1) is 15.6. The molecule has 4 amide bonds. The second kappa shape index (κ2) is 6.05. The molecule has 1 aliphatic heterocycles. The Morgan fingerprint density at radius 1 is 1.17 bits per heavy atom. The highest BCUT2D eigenvalue weighted by Gasteiger charge is 2.36. The molecule has 0 spiro atoms. The van der Waals surface area contributed by atoms with Crippen molar-refractivity contribution < 1.29 is 18.8 Å². The molecular formula is C15H8BrFN2O3S. The Bertz CT molecular complexity index is 862. The van der Waals surface area contributed by atoms with Crippen LogP contribution in [0.25, 0.3) is 6.08 Å². The fourth-order valence-electron chi connectivity index (χ4n) is 2.06. The number of imide groups is 2. The molecule has 0 aliphatic carbocycles. The van der Waals surface area contributed by atoms with E-state index >= 15 is 0 Å². The molecule has 1 aromatic heterocycles. The van der Waals surface area contributed by atoms with Crippen molar-refractivity contribution in [2.24, 2.45) is 0 Å². The minimum atomic E-state index is -0.907. The molecule has 2 heterocycles. The molecule has 23 heavy (non-hydrogen) atoms. The Morgan fingerprint density at radius 2 is 1.96 bits per heavy atom. The van der Waals surface area contributed by atoms with Gasteiger partial charge in [-0.2, -0.15) is 0 Å². The number of anilines is 1. The van der Waals surface area contributed by atoms with Crippen molar-refractivity contribution in [3.8, 4) is 0 Å². The Balaban J connectivity index is 2.02. The van der Waals surface area contributed by atoms with Gasteiger partial charge in [0.05, 0.1) is 9.47 Å². The maximum atomic E-state index is 13.3. The average Bonchev–Trinajstić information content (AvgIpc) is 2.89. The van der Waals surface area contributed by atoms with Crippen LogP contribution in [0.3, 0.4) is 0 Å². The van der Waals surface area contributed by atoms with E-state index in [1.165, 1.54) is 35.6 Å². The van der Waals surface area contributed by atoms with E-state index in [4.69, 9.17) is 0 Å². The molecule has 5 nitrogen and oxygen atoms in total. The van der Waals surface area contributed by atoms with Gasteiger partial charge in [-0.25, -0.2) is 14.1 Å². The Morgan fingerprint density at radius 3 is 2.61 bits per heavy atom. The number of nitrogens with one attached hydrogen (secondary N) is 1. The monoisotopic (exact) mass is 394 g/mol. The van der Waals surface area contributed by atoms with Crippen molar-refractivity contribution in [1.29, 1.82) is 0 Å². The Hall–Kier alpha value is -2.32. The Labute approximate surface area is 142 Å². The number of nitrogens with zero attached hydrogens (tertiary/aromatic N) is 1. The first-order chi connectivity index (χ1) is 11.0. The van der Waals surface area contributed by atoms with Crippen LogP contribution in [-0.2, 0) is 9.59 Å². The van der Waals surface area contributed by atoms with Crippen LogP contribution in [0.5, 0.6) is 0 Å². The number of carbonyl (C=O) groups is 3. The number of amides is 4. The molecule has 116 valence electrons. The van der Waals surface area contributed by atoms with Gasteiger partial charge in [-0.3, -0.25) is 14.9 Å². The van der Waals surface area contributed by atoms with Crippen molar-refractivity contribution in [3.63, 3.8) is 0 Å². The van der Waals surface area contributed by atoms with Gasteiger partial charge in [-0.05, 0) is 52.3 Å². The van der Waals surface area contributed by atoms with Gasteiger partial charge >= 0.3 is 6.03 Å². The second-order valence-electron chi connectivity index (χ2n) is 4.58. The summed E-state index contributed by atoms with van der Waals surface area (Å²) in [6.07, 6.45) is 1.39. The van der Waals surface area contributed by atoms with Gasteiger partial charge in [0.25, 0.3) is 11.8 Å². The summed E-state index contributed by atoms with van der Waals surface area (Å²) in [5.74, 6) is -2.17. The molecule has 1 N–H and O–H groups in total. The summed E-state index contributed by atoms with van der Waals surface area (Å²) in [4.78, 5) is 37.8. The molecule has 0 unspecified atom stereocenters. The van der Waals surface area contributed by atoms with Crippen LogP contribution < -0.4 is 10.2 Å². The molecule has 1 aromatic carbocycles. The van der Waals surface area contributed by atoms with Crippen LogP contribution in [0.1, 0.15) is 4.88 Å². The normalized spacial score (nSPS) is 16.9. The molecule has 3 rings (SSSR count). The van der Waals surface area contributed by atoms with Crippen LogP contribution in [-0.4, -0.2) is 17.8 Å². The van der Waals surface area contributed by atoms with Gasteiger partial charge in [-0.1, -0.05) is 6.07 Å². The standard InChI is InChI=1S/C15H8BrFN2O3S/c16-12-5-4-10(23-12)7-11-13(20)18-15(22)19(14(11)21)9-3-1-2-8(17)6-9/h1-7H,(H,18,20,22)/b11-7+. The SMILES string of the molecule is O=C1NC(=O)N(c2cccc(F)c2)C(=O)/C1=C/c1ccc(Br)s1. The third kappa shape index (κ3) is 3.08. The van der Waals surface area contributed by atoms with E-state index in [1.54, 1.807) is 12.1 Å². The topological polar surface area (TPSA) is 66.5 Å². The van der Waals surface area contributed by atoms with Gasteiger partial charge in [0.1, 0.15) is 11.4 Å². The largest absolute Gasteiger partial charge is 0.335 e. The maximum Gasteiger partial charge on any atom is 0.335 e. The zero-order chi connectivity index (χ0) is 16.6. The number of thiophene rings is 1. The minimum absolute atomic E-state index is 0.0539. The van der Waals surface area contributed by atoms with E-state index in [2.05, 4.69) is 21.2 Å². The van der Waals surface area contributed by atoms with Crippen LogP contribution in [0, 0.1) is 5.82 Å². The first-order valence-corrected chi connectivity index (χ1v) is 7.99. The first-order valence-electron chi connectivity index (χ1n) is 6.38. The van der Waals surface area contributed by atoms with Gasteiger partial charge in [-0.15, -0.1) is 11.3 Å². The molecule has 1 saturated heterocycles. The number of carbonyl (C=O) groups excluding carboxylic acids is 3. The smallest absolute Gasteiger partial charge is 0.273 e. The molecule has 0 bridgehead atoms. The number of rotatable bonds is 2. The third-order valence-electron chi connectivity index (χ3n) is 3.05. The van der Waals surface area contributed by atoms with E-state index in [0.717, 1.165) is 14.8 Å². The van der Waals surface area contributed by atoms with E-state index in [0.29, 0.717) is 4.88 Å². The van der Waals surface area contributed by atoms with Gasteiger partial charge < -0.3 is 0 Å². The molecule has 2 aromatic rings. The number of barbiturate groups is 1. The summed E-state index contributed by atoms with van der Waals surface area (Å²) in [5.41, 5.74) is -0.138. The summed E-state index contributed by atoms with van der Waals surface area (Å²) in [6, 6.07) is 7.63. The van der Waals surface area contributed by atoms with Crippen LogP contribution in [0.4, 0.5) is 14.9 Å². The summed E-state index contributed by atoms with van der Waals surface area (Å²) in [5, 5.41) is 2.08. The predicted molar refractivity (Wildman–Crippen MR) is 87.4 cm³/mol. The van der Waals surface area contributed by atoms with E-state index in [9.17, 15) is 18.8 Å². The van der Waals surface area contributed by atoms with Gasteiger partial charge in [0.15, 0.2) is 0 Å². The van der Waals surface area contributed by atoms with Gasteiger partial charge in [0.2, 0.25) is 0 Å². The van der Waals surface area contributed by atoms with Crippen LogP contribution in [0.15, 0.2) is 45.8 Å². The van der Waals surface area contributed by atoms with Crippen LogP contribution >= 0.6 is 27.3 Å². The third-order valence-corrected chi connectivity index (χ3v) is 4.62. The lowest BCUT2D eigenvalue weighted by Gasteiger charge is -2.26. The lowest BCUT2D eigenvalue weighted by atomic mass is 10.1. The number of urea groups is 1. The molecule has 1 fully saturated rings. The Kier molecular flexibility index (Phi) is 4.10. The zero-order valence-electron chi connectivity index (χ0n) is 11.4. The van der Waals surface area contributed by atoms with Crippen molar-refractivity contribution in [1.82, 2.24) is 5.32 Å². The van der Waals surface area contributed by atoms with Crippen molar-refractivity contribution >= 4 is 56.9 Å². The highest BCUT2D eigenvalue weighted by molar-refractivity contribution is 9.11. The molecule has 8 heteroatoms. The summed E-state index contributed by atoms with van der Waals surface area (Å²) in [7, 11) is 0. The van der Waals surface area contributed by atoms with Crippen LogP contribution in [0.2, 0.25) is 0 Å². The predicted octanol–water partition coefficient (Wildman–Crippen LogP) is 3.32. The molecule has 0 saturated carbocycles. The van der Waals surface area contributed by atoms with E-state index < -0.39 is 23.7 Å². The number of hydrogen-bond donors (Lipinski definition) is 1. The number of hydrogen-bond acceptors (Lipinski definition) is 4. The maximum absolute atomic E-state index is 13.3. The highest BCUT2D eigenvalue weighted by Crippen LogP contribution is 2.26. The number of halogens is 2. The lowest BCUT2D eigenvalue weighted by molar-refractivity contribution is -0.122. The fraction of sp³-hybridized carbons (Fsp3) is 0. The fourth-order valence-corrected chi connectivity index (χ4v) is 3.42. The minimum Gasteiger partial charge on any atom is -0.273 e. The van der Waals surface area contributed by atoms with Crippen molar-refractivity contribution in [2.75, 3.05) is 4.90 Å². The summed E-state index contributed by atoms with van der Waals surface area (Å²) < 4.78 is 14.2. The zero-order valence-corrected chi connectivity index (χ0v) is 13.8. The summed E-state index contributed by atoms with van der Waals surface area (Å²) >= 11 is 4.62. The van der Waals surface area contributed by atoms with Gasteiger partial charge in [0, 0.05) is 4.88 Å². The van der Waals surface area contributed by atoms with E-state index in [-0.39, 0.29) is 11.3 Å². The second-order valence-corrected chi connectivity index (χ2v) is 7.07. The molecule has 1 aliphatic rings. The van der Waals surface area contributed by atoms with Crippen molar-refractivity contribution in [2.45, 2.75) is 0 Å². The van der Waals surface area contributed by atoms with E-state index in [1.807, 2.05) is 0 Å². The molecular weight excluding hydrogens is 387 g/mol. The molecule has 0 atom stereocenters. The van der Waals surface area contributed by atoms with Crippen molar-refractivity contribution in [3.05, 3.63) is 56.5 Å².